The van der Waals surface area contributed by atoms with Crippen molar-refractivity contribution in [2.24, 2.45) is 11.8 Å². The molecule has 0 N–H and O–H groups in total. The number of benzene rings is 3. The van der Waals surface area contributed by atoms with E-state index in [0.717, 1.165) is 28.7 Å². The third-order valence-corrected chi connectivity index (χ3v) is 8.60. The molecule has 5 atom stereocenters. The van der Waals surface area contributed by atoms with Gasteiger partial charge in [-0.1, -0.05) is 84.3 Å². The molecule has 4 heteroatoms. The van der Waals surface area contributed by atoms with E-state index in [9.17, 15) is 9.59 Å². The minimum Gasteiger partial charge on any atom is -0.458 e. The van der Waals surface area contributed by atoms with Gasteiger partial charge in [-0.15, -0.1) is 0 Å². The van der Waals surface area contributed by atoms with E-state index < -0.39 is 18.0 Å². The average molecular weight is 549 g/mol. The number of carbonyl (C=O) groups excluding carboxylic acids is 2. The Morgan fingerprint density at radius 2 is 1.59 bits per heavy atom. The van der Waals surface area contributed by atoms with Crippen molar-refractivity contribution in [3.05, 3.63) is 118 Å². The minimum absolute atomic E-state index is 0.0123. The summed E-state index contributed by atoms with van der Waals surface area (Å²) >= 11 is 0. The second-order valence-electron chi connectivity index (χ2n) is 12.2. The third-order valence-electron chi connectivity index (χ3n) is 8.60. The van der Waals surface area contributed by atoms with Gasteiger partial charge in [0.15, 0.2) is 0 Å². The van der Waals surface area contributed by atoms with Crippen LogP contribution < -0.4 is 0 Å². The first kappa shape index (κ1) is 28.6. The molecule has 0 aromatic heterocycles. The van der Waals surface area contributed by atoms with Crippen molar-refractivity contribution < 1.29 is 19.1 Å². The number of rotatable bonds is 8. The van der Waals surface area contributed by atoms with E-state index in [-0.39, 0.29) is 18.4 Å². The van der Waals surface area contributed by atoms with Crippen molar-refractivity contribution in [2.75, 3.05) is 6.61 Å². The molecule has 0 heterocycles. The third kappa shape index (κ3) is 5.79. The van der Waals surface area contributed by atoms with Gasteiger partial charge in [-0.2, -0.15) is 0 Å². The van der Waals surface area contributed by atoms with Crippen molar-refractivity contribution in [3.63, 3.8) is 0 Å². The maximum atomic E-state index is 13.4. The Kier molecular flexibility index (Phi) is 8.04. The number of aryl methyl sites for hydroxylation is 2. The first-order valence-electron chi connectivity index (χ1n) is 14.5. The monoisotopic (exact) mass is 548 g/mol. The lowest BCUT2D eigenvalue weighted by molar-refractivity contribution is -0.150. The Bertz CT molecular complexity index is 1560. The van der Waals surface area contributed by atoms with Crippen molar-refractivity contribution in [1.82, 2.24) is 0 Å². The smallest absolute Gasteiger partial charge is 0.338 e. The number of fused-ring (bicyclic) bond motifs is 3. The molecule has 1 fully saturated rings. The van der Waals surface area contributed by atoms with E-state index in [1.807, 2.05) is 58.0 Å². The zero-order valence-electron chi connectivity index (χ0n) is 25.0. The molecule has 5 rings (SSSR count). The highest BCUT2D eigenvalue weighted by atomic mass is 16.6. The Labute approximate surface area is 243 Å². The van der Waals surface area contributed by atoms with Crippen molar-refractivity contribution in [3.8, 4) is 0 Å². The molecule has 4 nitrogen and oxygen atoms in total. The lowest BCUT2D eigenvalue weighted by Crippen LogP contribution is -2.34. The van der Waals surface area contributed by atoms with Gasteiger partial charge in [0.1, 0.15) is 12.7 Å². The Morgan fingerprint density at radius 3 is 2.22 bits per heavy atom. The zero-order valence-corrected chi connectivity index (χ0v) is 25.0. The number of hydrogen-bond acceptors (Lipinski definition) is 4. The van der Waals surface area contributed by atoms with Crippen molar-refractivity contribution in [1.29, 1.82) is 0 Å². The summed E-state index contributed by atoms with van der Waals surface area (Å²) < 4.78 is 12.2. The summed E-state index contributed by atoms with van der Waals surface area (Å²) in [6.45, 7) is 15.8. The highest BCUT2D eigenvalue weighted by Crippen LogP contribution is 2.61. The van der Waals surface area contributed by atoms with E-state index in [4.69, 9.17) is 9.47 Å². The van der Waals surface area contributed by atoms with Crippen LogP contribution in [0.15, 0.2) is 90.0 Å². The van der Waals surface area contributed by atoms with Crippen molar-refractivity contribution in [2.45, 2.75) is 65.9 Å². The molecule has 2 aliphatic carbocycles. The van der Waals surface area contributed by atoms with Gasteiger partial charge in [0.2, 0.25) is 0 Å². The maximum Gasteiger partial charge on any atom is 0.338 e. The number of carbonyl (C=O) groups is 2. The SMILES string of the molecule is C=C(C)/C=C(C)\C=C(/C)C(=O)OC(COC(=O)c1cc(C)cc(C)c1)C1CC(C)C2c3cccc4cccc(c34)C12. The van der Waals surface area contributed by atoms with Gasteiger partial charge in [-0.25, -0.2) is 9.59 Å². The fraction of sp³-hybridized carbons (Fsp3) is 0.351. The van der Waals surface area contributed by atoms with Crippen LogP contribution in [0, 0.1) is 25.7 Å². The van der Waals surface area contributed by atoms with Crippen LogP contribution in [-0.4, -0.2) is 24.6 Å². The molecule has 3 aromatic rings. The molecule has 0 aliphatic heterocycles. The van der Waals surface area contributed by atoms with Crippen LogP contribution in [0.5, 0.6) is 0 Å². The van der Waals surface area contributed by atoms with Crippen LogP contribution >= 0.6 is 0 Å². The first-order chi connectivity index (χ1) is 19.5. The van der Waals surface area contributed by atoms with Gasteiger partial charge in [0.05, 0.1) is 5.56 Å². The summed E-state index contributed by atoms with van der Waals surface area (Å²) in [5.41, 5.74) is 7.56. The van der Waals surface area contributed by atoms with Gasteiger partial charge in [0.25, 0.3) is 0 Å². The molecular formula is C37H40O4. The summed E-state index contributed by atoms with van der Waals surface area (Å²) in [5, 5.41) is 2.57. The quantitative estimate of drug-likeness (QED) is 0.161. The van der Waals surface area contributed by atoms with Crippen LogP contribution in [0.2, 0.25) is 0 Å². The second kappa shape index (κ2) is 11.5. The van der Waals surface area contributed by atoms with E-state index in [1.54, 1.807) is 6.92 Å². The molecule has 0 saturated heterocycles. The largest absolute Gasteiger partial charge is 0.458 e. The fourth-order valence-electron chi connectivity index (χ4n) is 7.25. The lowest BCUT2D eigenvalue weighted by Gasteiger charge is -2.29. The predicted molar refractivity (Wildman–Crippen MR) is 165 cm³/mol. The summed E-state index contributed by atoms with van der Waals surface area (Å²) in [5.74, 6) is 0.162. The standard InChI is InChI=1S/C37H40O4/c1-21(2)14-22(3)16-26(7)36(38)41-32(20-40-37(39)28-17-23(4)15-24(5)18-28)31-19-25(6)33-29-12-8-10-27-11-9-13-30(34(27)29)35(31)33/h8-18,25,31-33,35H,1,19-20H2,2-7H3/b22-14-,26-16+. The molecule has 5 unspecified atom stereocenters. The summed E-state index contributed by atoms with van der Waals surface area (Å²) in [6, 6.07) is 18.8. The van der Waals surface area contributed by atoms with Gasteiger partial charge in [0, 0.05) is 11.5 Å². The first-order valence-corrected chi connectivity index (χ1v) is 14.5. The predicted octanol–water partition coefficient (Wildman–Crippen LogP) is 8.53. The highest BCUT2D eigenvalue weighted by molar-refractivity contribution is 5.93. The second-order valence-corrected chi connectivity index (χ2v) is 12.2. The molecule has 0 radical (unpaired) electrons. The minimum atomic E-state index is -0.576. The topological polar surface area (TPSA) is 52.6 Å². The number of hydrogen-bond donors (Lipinski definition) is 0. The summed E-state index contributed by atoms with van der Waals surface area (Å²) in [7, 11) is 0. The Balaban J connectivity index is 1.46. The van der Waals surface area contributed by atoms with Crippen molar-refractivity contribution >= 4 is 22.7 Å². The lowest BCUT2D eigenvalue weighted by atomic mass is 9.83. The molecule has 1 saturated carbocycles. The number of allylic oxidation sites excluding steroid dienone is 4. The fourth-order valence-corrected chi connectivity index (χ4v) is 7.25. The normalized spacial score (nSPS) is 22.4. The molecular weight excluding hydrogens is 508 g/mol. The number of ether oxygens (including phenoxy) is 2. The summed E-state index contributed by atoms with van der Waals surface area (Å²) in [4.78, 5) is 26.6. The van der Waals surface area contributed by atoms with E-state index in [0.29, 0.717) is 23.0 Å². The zero-order chi connectivity index (χ0) is 29.4. The molecule has 0 bridgehead atoms. The Morgan fingerprint density at radius 1 is 0.951 bits per heavy atom. The molecule has 3 aromatic carbocycles. The van der Waals surface area contributed by atoms with E-state index in [1.165, 1.54) is 21.9 Å². The molecule has 2 aliphatic rings. The van der Waals surface area contributed by atoms with Gasteiger partial charge in [-0.05, 0) is 98.9 Å². The maximum absolute atomic E-state index is 13.4. The van der Waals surface area contributed by atoms with E-state index >= 15 is 0 Å². The average Bonchev–Trinajstić information content (AvgIpc) is 3.42. The van der Waals surface area contributed by atoms with Crippen LogP contribution in [0.25, 0.3) is 10.8 Å². The molecule has 0 spiro atoms. The van der Waals surface area contributed by atoms with Gasteiger partial charge >= 0.3 is 11.9 Å². The molecule has 41 heavy (non-hydrogen) atoms. The van der Waals surface area contributed by atoms with Gasteiger partial charge in [-0.3, -0.25) is 0 Å². The van der Waals surface area contributed by atoms with E-state index in [2.05, 4.69) is 49.9 Å². The highest BCUT2D eigenvalue weighted by Gasteiger charge is 2.51. The van der Waals surface area contributed by atoms with Crippen LogP contribution in [0.1, 0.15) is 78.6 Å². The molecule has 212 valence electrons. The number of esters is 2. The Hall–Kier alpha value is -3.92. The van der Waals surface area contributed by atoms with Crippen LogP contribution in [0.4, 0.5) is 0 Å². The van der Waals surface area contributed by atoms with Crippen LogP contribution in [0.3, 0.4) is 0 Å². The summed E-state index contributed by atoms with van der Waals surface area (Å²) in [6.07, 6.45) is 4.06. The molecule has 0 amide bonds. The van der Waals surface area contributed by atoms with Gasteiger partial charge < -0.3 is 9.47 Å². The van der Waals surface area contributed by atoms with Crippen LogP contribution in [-0.2, 0) is 14.3 Å².